The standard InChI is InChI=1S/C34H37N7O.C2HF3O2/c1-22-12-14-23(15-13-22)21-41-31(17-16-24-19-36-28-10-6-4-8-26(24)28)39-40-32(41)30(38-33(42)34(2,3)35)18-25-20-37-29-11-7-5-9-27(25)29;3-2(4,5)1(6)7/h4-15,19-20,30,36-37H,16-18,21,35H2,1-3H3,(H,38,42);(H,6,7)/t30-;/m1./s1. The van der Waals surface area contributed by atoms with Gasteiger partial charge in [0.15, 0.2) is 5.82 Å². The predicted molar refractivity (Wildman–Crippen MR) is 181 cm³/mol. The highest BCUT2D eigenvalue weighted by molar-refractivity contribution is 5.86. The number of halogens is 3. The van der Waals surface area contributed by atoms with Crippen molar-refractivity contribution in [2.75, 3.05) is 0 Å². The zero-order valence-corrected chi connectivity index (χ0v) is 27.3. The summed E-state index contributed by atoms with van der Waals surface area (Å²) in [5, 5.41) is 22.1. The number of alkyl halides is 3. The molecule has 0 bridgehead atoms. The van der Waals surface area contributed by atoms with E-state index in [2.05, 4.69) is 87.6 Å². The molecule has 6 rings (SSSR count). The van der Waals surface area contributed by atoms with E-state index in [1.54, 1.807) is 13.8 Å². The fraction of sp³-hybridized carbons (Fsp3) is 0.278. The lowest BCUT2D eigenvalue weighted by Gasteiger charge is -2.25. The molecule has 0 aliphatic rings. The van der Waals surface area contributed by atoms with E-state index < -0.39 is 23.7 Å². The van der Waals surface area contributed by atoms with E-state index in [9.17, 15) is 18.0 Å². The lowest BCUT2D eigenvalue weighted by Crippen LogP contribution is -2.50. The SMILES string of the molecule is Cc1ccc(Cn2c(CCc3c[nH]c4ccccc34)nnc2[C@@H](Cc2c[nH]c3ccccc23)NC(=O)C(C)(C)N)cc1.O=C(O)C(F)(F)F. The van der Waals surface area contributed by atoms with Crippen LogP contribution < -0.4 is 11.1 Å². The highest BCUT2D eigenvalue weighted by atomic mass is 19.4. The van der Waals surface area contributed by atoms with Gasteiger partial charge in [0.05, 0.1) is 18.1 Å². The Morgan fingerprint density at radius 2 is 1.43 bits per heavy atom. The number of fused-ring (bicyclic) bond motifs is 2. The van der Waals surface area contributed by atoms with Crippen molar-refractivity contribution in [1.29, 1.82) is 0 Å². The predicted octanol–water partition coefficient (Wildman–Crippen LogP) is 6.15. The minimum absolute atomic E-state index is 0.238. The van der Waals surface area contributed by atoms with E-state index in [0.717, 1.165) is 39.8 Å². The first-order valence-corrected chi connectivity index (χ1v) is 15.7. The van der Waals surface area contributed by atoms with Crippen LogP contribution in [0.2, 0.25) is 0 Å². The molecule has 0 fully saturated rings. The minimum Gasteiger partial charge on any atom is -0.475 e. The number of carboxylic acid groups (broad SMARTS) is 1. The lowest BCUT2D eigenvalue weighted by atomic mass is 10.0. The Labute approximate surface area is 280 Å². The third kappa shape index (κ3) is 8.54. The van der Waals surface area contributed by atoms with Crippen molar-refractivity contribution in [2.45, 2.75) is 64.3 Å². The number of nitrogens with one attached hydrogen (secondary N) is 3. The number of benzene rings is 3. The molecule has 3 aromatic heterocycles. The molecular weight excluding hydrogens is 635 g/mol. The van der Waals surface area contributed by atoms with Crippen LogP contribution in [0.5, 0.6) is 0 Å². The zero-order chi connectivity index (χ0) is 35.3. The van der Waals surface area contributed by atoms with Gasteiger partial charge in [-0.05, 0) is 56.0 Å². The van der Waals surface area contributed by atoms with Crippen LogP contribution in [0.4, 0.5) is 13.2 Å². The average molecular weight is 674 g/mol. The van der Waals surface area contributed by atoms with Gasteiger partial charge in [0.25, 0.3) is 0 Å². The largest absolute Gasteiger partial charge is 0.490 e. The second kappa shape index (κ2) is 14.4. The van der Waals surface area contributed by atoms with Crippen LogP contribution in [0.25, 0.3) is 21.8 Å². The maximum Gasteiger partial charge on any atom is 0.490 e. The van der Waals surface area contributed by atoms with Gasteiger partial charge < -0.3 is 30.7 Å². The third-order valence-corrected chi connectivity index (χ3v) is 8.15. The van der Waals surface area contributed by atoms with Crippen LogP contribution in [-0.2, 0) is 35.4 Å². The summed E-state index contributed by atoms with van der Waals surface area (Å²) in [6.45, 7) is 6.11. The zero-order valence-electron chi connectivity index (χ0n) is 27.3. The first kappa shape index (κ1) is 34.9. The molecule has 0 aliphatic heterocycles. The van der Waals surface area contributed by atoms with Gasteiger partial charge in [0.1, 0.15) is 5.82 Å². The summed E-state index contributed by atoms with van der Waals surface area (Å²) in [6.07, 6.45) is 1.06. The van der Waals surface area contributed by atoms with Crippen LogP contribution in [0, 0.1) is 6.92 Å². The van der Waals surface area contributed by atoms with Crippen molar-refractivity contribution >= 4 is 33.7 Å². The number of H-pyrrole nitrogens is 2. The van der Waals surface area contributed by atoms with Gasteiger partial charge in [-0.2, -0.15) is 13.2 Å². The Bertz CT molecular complexity index is 2050. The van der Waals surface area contributed by atoms with Crippen LogP contribution in [0.1, 0.15) is 53.8 Å². The number of aliphatic carboxylic acids is 1. The molecule has 6 N–H and O–H groups in total. The smallest absolute Gasteiger partial charge is 0.475 e. The maximum atomic E-state index is 13.3. The van der Waals surface area contributed by atoms with Gasteiger partial charge in [-0.25, -0.2) is 4.79 Å². The van der Waals surface area contributed by atoms with Crippen molar-refractivity contribution in [3.8, 4) is 0 Å². The van der Waals surface area contributed by atoms with Crippen molar-refractivity contribution < 1.29 is 27.9 Å². The van der Waals surface area contributed by atoms with Gasteiger partial charge in [0, 0.05) is 47.0 Å². The number of carbonyl (C=O) groups excluding carboxylic acids is 1. The molecule has 3 aromatic carbocycles. The van der Waals surface area contributed by atoms with Gasteiger partial charge in [0.2, 0.25) is 5.91 Å². The van der Waals surface area contributed by atoms with E-state index in [1.807, 2.05) is 24.4 Å². The topological polar surface area (TPSA) is 155 Å². The van der Waals surface area contributed by atoms with Gasteiger partial charge in [-0.3, -0.25) is 4.79 Å². The third-order valence-electron chi connectivity index (χ3n) is 8.15. The molecule has 256 valence electrons. The van der Waals surface area contributed by atoms with Crippen LogP contribution >= 0.6 is 0 Å². The lowest BCUT2D eigenvalue weighted by molar-refractivity contribution is -0.192. The number of carbonyl (C=O) groups is 2. The molecule has 0 saturated heterocycles. The summed E-state index contributed by atoms with van der Waals surface area (Å²) in [5.74, 6) is -1.40. The number of carboxylic acids is 1. The molecule has 1 atom stereocenters. The molecule has 0 radical (unpaired) electrons. The molecule has 6 aromatic rings. The second-order valence-corrected chi connectivity index (χ2v) is 12.5. The monoisotopic (exact) mass is 673 g/mol. The number of amides is 1. The summed E-state index contributed by atoms with van der Waals surface area (Å²) in [4.78, 5) is 28.9. The fourth-order valence-corrected chi connectivity index (χ4v) is 5.50. The van der Waals surface area contributed by atoms with Crippen molar-refractivity contribution in [3.63, 3.8) is 0 Å². The number of para-hydroxylation sites is 2. The Kier molecular flexibility index (Phi) is 10.2. The first-order chi connectivity index (χ1) is 23.2. The van der Waals surface area contributed by atoms with Gasteiger partial charge >= 0.3 is 12.1 Å². The molecule has 0 saturated carbocycles. The molecule has 49 heavy (non-hydrogen) atoms. The first-order valence-electron chi connectivity index (χ1n) is 15.7. The molecule has 1 amide bonds. The van der Waals surface area contributed by atoms with Crippen LogP contribution in [0.3, 0.4) is 0 Å². The van der Waals surface area contributed by atoms with E-state index in [1.165, 1.54) is 16.5 Å². The quantitative estimate of drug-likeness (QED) is 0.118. The summed E-state index contributed by atoms with van der Waals surface area (Å²) in [6, 6.07) is 24.6. The highest BCUT2D eigenvalue weighted by Crippen LogP contribution is 2.27. The Morgan fingerprint density at radius 1 is 0.878 bits per heavy atom. The van der Waals surface area contributed by atoms with Gasteiger partial charge in [-0.15, -0.1) is 10.2 Å². The van der Waals surface area contributed by atoms with E-state index in [-0.39, 0.29) is 5.91 Å². The molecule has 13 heteroatoms. The fourth-order valence-electron chi connectivity index (χ4n) is 5.50. The van der Waals surface area contributed by atoms with E-state index in [0.29, 0.717) is 25.2 Å². The van der Waals surface area contributed by atoms with Crippen molar-refractivity contribution in [3.05, 3.63) is 119 Å². The maximum absolute atomic E-state index is 13.3. The number of aryl methyl sites for hydroxylation is 3. The number of nitrogens with two attached hydrogens (primary N) is 1. The number of hydrogen-bond donors (Lipinski definition) is 5. The Morgan fingerprint density at radius 3 is 2.00 bits per heavy atom. The molecule has 0 spiro atoms. The highest BCUT2D eigenvalue weighted by Gasteiger charge is 2.38. The van der Waals surface area contributed by atoms with Crippen LogP contribution in [0.15, 0.2) is 85.2 Å². The van der Waals surface area contributed by atoms with Gasteiger partial charge in [-0.1, -0.05) is 66.2 Å². The minimum atomic E-state index is -5.08. The average Bonchev–Trinajstić information content (AvgIpc) is 3.77. The number of aromatic amines is 2. The van der Waals surface area contributed by atoms with Crippen molar-refractivity contribution in [2.24, 2.45) is 5.73 Å². The second-order valence-electron chi connectivity index (χ2n) is 12.5. The number of hydrogen-bond acceptors (Lipinski definition) is 5. The number of rotatable bonds is 10. The summed E-state index contributed by atoms with van der Waals surface area (Å²) >= 11 is 0. The number of aromatic nitrogens is 5. The number of nitrogens with zero attached hydrogens (tertiary/aromatic N) is 3. The molecule has 0 unspecified atom stereocenters. The van der Waals surface area contributed by atoms with E-state index >= 15 is 0 Å². The summed E-state index contributed by atoms with van der Waals surface area (Å²) in [5.41, 5.74) is 12.1. The summed E-state index contributed by atoms with van der Waals surface area (Å²) in [7, 11) is 0. The molecule has 0 aliphatic carbocycles. The van der Waals surface area contributed by atoms with Crippen LogP contribution in [-0.4, -0.2) is 53.4 Å². The molecular formula is C36H38F3N7O3. The van der Waals surface area contributed by atoms with E-state index in [4.69, 9.17) is 25.8 Å². The molecule has 10 nitrogen and oxygen atoms in total. The van der Waals surface area contributed by atoms with Crippen molar-refractivity contribution in [1.82, 2.24) is 30.0 Å². The normalized spacial score (nSPS) is 12.5. The Balaban J connectivity index is 0.000000606. The summed E-state index contributed by atoms with van der Waals surface area (Å²) < 4.78 is 33.9. The molecule has 3 heterocycles. The Hall–Kier alpha value is -5.43.